The van der Waals surface area contributed by atoms with Crippen LogP contribution in [0.1, 0.15) is 140 Å². The third-order valence-electron chi connectivity index (χ3n) is 19.5. The summed E-state index contributed by atoms with van der Waals surface area (Å²) in [6.07, 6.45) is 10.0. The number of carboxylic acid groups (broad SMARTS) is 1. The molecule has 0 aromatic rings. The van der Waals surface area contributed by atoms with Crippen LogP contribution in [0.4, 0.5) is 0 Å². The zero-order chi connectivity index (χ0) is 49.2. The molecule has 0 spiro atoms. The molecule has 1 saturated heterocycles. The van der Waals surface area contributed by atoms with Crippen molar-refractivity contribution >= 4 is 27.7 Å². The summed E-state index contributed by atoms with van der Waals surface area (Å²) in [5, 5.41) is 14.0. The van der Waals surface area contributed by atoms with Crippen LogP contribution in [0.5, 0.6) is 0 Å². The summed E-state index contributed by atoms with van der Waals surface area (Å²) < 4.78 is 59.1. The maximum Gasteiger partial charge on any atom is 0.332 e. The molecule has 0 aromatic carbocycles. The first-order chi connectivity index (χ1) is 31.4. The van der Waals surface area contributed by atoms with E-state index in [9.17, 15) is 27.9 Å². The number of carbonyl (C=O) groups excluding carboxylic acids is 2. The van der Waals surface area contributed by atoms with Crippen LogP contribution in [0.25, 0.3) is 0 Å². The van der Waals surface area contributed by atoms with Gasteiger partial charge in [-0.2, -0.15) is 0 Å². The number of rotatable bonds is 22. The molecule has 67 heavy (non-hydrogen) atoms. The van der Waals surface area contributed by atoms with Gasteiger partial charge >= 0.3 is 17.9 Å². The molecule has 1 heterocycles. The van der Waals surface area contributed by atoms with E-state index in [4.69, 9.17) is 28.4 Å². The predicted molar refractivity (Wildman–Crippen MR) is 257 cm³/mol. The van der Waals surface area contributed by atoms with Crippen LogP contribution >= 0.6 is 0 Å². The van der Waals surface area contributed by atoms with E-state index < -0.39 is 39.3 Å². The molecule has 386 valence electrons. The summed E-state index contributed by atoms with van der Waals surface area (Å²) in [4.78, 5) is 40.5. The molecule has 6 rings (SSSR count). The number of ether oxygens (including phenoxy) is 6. The van der Waals surface area contributed by atoms with Crippen LogP contribution in [0.2, 0.25) is 0 Å². The van der Waals surface area contributed by atoms with E-state index in [0.29, 0.717) is 88.2 Å². The SMILES string of the molecule is COCCOCCOCCOCC(=O)OC(C)C(CN[C@]12CC[C@@H](C(C)C)[C@@H]1[C@H]1CC[C@@H]3[C@@]4(C)CC[C@H](OC(=O)CC(C)(C)C(=O)O)C(C)(C)[C@@H]4CC[C@@]3(C)[C@]1(C)CC2)N1CCS(=O)(=O)CC1. The maximum atomic E-state index is 13.2. The van der Waals surface area contributed by atoms with Gasteiger partial charge in [-0.3, -0.25) is 14.5 Å². The highest BCUT2D eigenvalue weighted by atomic mass is 32.2. The molecule has 0 amide bonds. The van der Waals surface area contributed by atoms with E-state index in [1.165, 1.54) is 19.3 Å². The monoisotopic (exact) mass is 967 g/mol. The fraction of sp³-hybridized carbons (Fsp3) is 0.942. The highest BCUT2D eigenvalue weighted by molar-refractivity contribution is 7.91. The minimum Gasteiger partial charge on any atom is -0.481 e. The normalized spacial score (nSPS) is 36.8. The van der Waals surface area contributed by atoms with Gasteiger partial charge in [-0.15, -0.1) is 0 Å². The fourth-order valence-electron chi connectivity index (χ4n) is 15.5. The van der Waals surface area contributed by atoms with Crippen molar-refractivity contribution in [3.63, 3.8) is 0 Å². The summed E-state index contributed by atoms with van der Waals surface area (Å²) in [5.41, 5.74) is -1.11. The Hall–Kier alpha value is -1.88. The van der Waals surface area contributed by atoms with E-state index in [0.717, 1.165) is 44.9 Å². The van der Waals surface area contributed by atoms with Gasteiger partial charge in [0.05, 0.1) is 69.0 Å². The van der Waals surface area contributed by atoms with Gasteiger partial charge in [0.15, 0.2) is 9.84 Å². The number of aliphatic carboxylic acids is 1. The van der Waals surface area contributed by atoms with E-state index in [2.05, 4.69) is 58.7 Å². The van der Waals surface area contributed by atoms with Gasteiger partial charge in [-0.05, 0) is 137 Å². The first-order valence-electron chi connectivity index (χ1n) is 25.9. The van der Waals surface area contributed by atoms with Crippen molar-refractivity contribution in [1.82, 2.24) is 10.2 Å². The van der Waals surface area contributed by atoms with Crippen LogP contribution in [-0.2, 0) is 52.6 Å². The van der Waals surface area contributed by atoms with Gasteiger partial charge in [0.1, 0.15) is 18.8 Å². The lowest BCUT2D eigenvalue weighted by atomic mass is 9.32. The van der Waals surface area contributed by atoms with Crippen LogP contribution in [0.3, 0.4) is 0 Å². The molecule has 2 unspecified atom stereocenters. The van der Waals surface area contributed by atoms with Gasteiger partial charge < -0.3 is 38.8 Å². The smallest absolute Gasteiger partial charge is 0.332 e. The number of carbonyl (C=O) groups is 3. The third-order valence-corrected chi connectivity index (χ3v) is 21.1. The Labute approximate surface area is 403 Å². The van der Waals surface area contributed by atoms with Gasteiger partial charge in [-0.25, -0.2) is 13.2 Å². The molecular weight excluding hydrogens is 877 g/mol. The van der Waals surface area contributed by atoms with Crippen LogP contribution in [0, 0.1) is 62.6 Å². The number of nitrogens with zero attached hydrogens (tertiary/aromatic N) is 1. The van der Waals surface area contributed by atoms with Gasteiger partial charge in [0.25, 0.3) is 0 Å². The third kappa shape index (κ3) is 11.3. The van der Waals surface area contributed by atoms with Crippen molar-refractivity contribution in [1.29, 1.82) is 0 Å². The van der Waals surface area contributed by atoms with Crippen molar-refractivity contribution < 1.29 is 56.3 Å². The van der Waals surface area contributed by atoms with E-state index >= 15 is 0 Å². The zero-order valence-electron chi connectivity index (χ0n) is 43.3. The Morgan fingerprint density at radius 2 is 1.40 bits per heavy atom. The molecule has 0 bridgehead atoms. The lowest BCUT2D eigenvalue weighted by Crippen LogP contribution is -2.69. The number of hydrogen-bond acceptors (Lipinski definition) is 13. The first kappa shape index (κ1) is 54.5. The number of carboxylic acids is 1. The molecule has 12 atom stereocenters. The highest BCUT2D eigenvalue weighted by Crippen LogP contribution is 2.76. The first-order valence-corrected chi connectivity index (χ1v) is 27.7. The zero-order valence-corrected chi connectivity index (χ0v) is 44.1. The van der Waals surface area contributed by atoms with Crippen molar-refractivity contribution in [2.24, 2.45) is 62.6 Å². The molecule has 6 fully saturated rings. The van der Waals surface area contributed by atoms with Gasteiger partial charge in [-0.1, -0.05) is 48.5 Å². The summed E-state index contributed by atoms with van der Waals surface area (Å²) in [7, 11) is -1.49. The largest absolute Gasteiger partial charge is 0.481 e. The Kier molecular flexibility index (Phi) is 17.4. The molecule has 2 N–H and O–H groups in total. The Morgan fingerprint density at radius 3 is 2.03 bits per heavy atom. The van der Waals surface area contributed by atoms with Crippen molar-refractivity contribution in [3.05, 3.63) is 0 Å². The summed E-state index contributed by atoms with van der Waals surface area (Å²) in [6, 6.07) is -0.202. The molecule has 6 aliphatic rings. The van der Waals surface area contributed by atoms with Gasteiger partial charge in [0, 0.05) is 37.7 Å². The second-order valence-electron chi connectivity index (χ2n) is 24.1. The van der Waals surface area contributed by atoms with Crippen molar-refractivity contribution in [2.75, 3.05) is 84.5 Å². The molecule has 15 heteroatoms. The van der Waals surface area contributed by atoms with E-state index in [-0.39, 0.29) is 70.5 Å². The maximum absolute atomic E-state index is 13.2. The molecule has 0 aromatic heterocycles. The predicted octanol–water partition coefficient (Wildman–Crippen LogP) is 7.21. The van der Waals surface area contributed by atoms with Crippen LogP contribution < -0.4 is 5.32 Å². The second-order valence-corrected chi connectivity index (χ2v) is 26.4. The van der Waals surface area contributed by atoms with E-state index in [1.54, 1.807) is 21.0 Å². The van der Waals surface area contributed by atoms with Crippen LogP contribution in [-0.4, -0.2) is 145 Å². The Morgan fingerprint density at radius 1 is 0.761 bits per heavy atom. The number of hydrogen-bond donors (Lipinski definition) is 2. The quantitative estimate of drug-likeness (QED) is 0.0823. The number of esters is 2. The molecular formula is C52H90N2O12S. The summed E-state index contributed by atoms with van der Waals surface area (Å²) in [6.45, 7) is 26.1. The van der Waals surface area contributed by atoms with Crippen molar-refractivity contribution in [3.8, 4) is 0 Å². The second kappa shape index (κ2) is 21.5. The number of methoxy groups -OCH3 is 1. The van der Waals surface area contributed by atoms with Crippen molar-refractivity contribution in [2.45, 2.75) is 164 Å². The number of nitrogens with one attached hydrogen (secondary N) is 1. The highest BCUT2D eigenvalue weighted by Gasteiger charge is 2.71. The Bertz CT molecular complexity index is 1810. The standard InChI is InChI=1S/C52H90N2O12S/c1-35(2)37-14-19-52(53-33-39(54-22-30-67(59,60)31-23-54)36(3)65-44(56)34-64-29-28-63-27-26-62-25-24-61-11)21-20-50(9)38(45(37)52)12-13-41-49(8)17-16-42(66-43(55)32-47(4,5)46(57)58)48(6,7)40(49)15-18-51(41,50)10/h35-42,45,53H,12-34H2,1-11H3,(H,57,58)/t36?,37-,38+,39?,40-,41+,42-,45+,49-,50+,51+,52-/m0/s1. The molecule has 0 radical (unpaired) electrons. The summed E-state index contributed by atoms with van der Waals surface area (Å²) >= 11 is 0. The average molecular weight is 967 g/mol. The average Bonchev–Trinajstić information content (AvgIpc) is 3.63. The minimum absolute atomic E-state index is 0.0652. The summed E-state index contributed by atoms with van der Waals surface area (Å²) in [5.74, 6) is 1.43. The van der Waals surface area contributed by atoms with Crippen LogP contribution in [0.15, 0.2) is 0 Å². The minimum atomic E-state index is -3.12. The lowest BCUT2D eigenvalue weighted by molar-refractivity contribution is -0.247. The molecule has 5 aliphatic carbocycles. The Balaban J connectivity index is 1.15. The fourth-order valence-corrected chi connectivity index (χ4v) is 16.8. The molecule has 14 nitrogen and oxygen atoms in total. The molecule has 1 aliphatic heterocycles. The number of sulfone groups is 1. The number of fused-ring (bicyclic) bond motifs is 7. The van der Waals surface area contributed by atoms with Gasteiger partial charge in [0.2, 0.25) is 0 Å². The van der Waals surface area contributed by atoms with E-state index in [1.807, 2.05) is 6.92 Å². The lowest BCUT2D eigenvalue weighted by Gasteiger charge is -2.73. The topological polar surface area (TPSA) is 176 Å². The molecule has 5 saturated carbocycles.